The molecule has 1 unspecified atom stereocenters. The minimum absolute atomic E-state index is 0.0820. The van der Waals surface area contributed by atoms with Crippen LogP contribution in [0.1, 0.15) is 29.7 Å². The Morgan fingerprint density at radius 3 is 2.43 bits per heavy atom. The van der Waals surface area contributed by atoms with Crippen molar-refractivity contribution in [1.82, 2.24) is 15.3 Å². The summed E-state index contributed by atoms with van der Waals surface area (Å²) in [5, 5.41) is 2.95. The molecule has 0 saturated carbocycles. The van der Waals surface area contributed by atoms with Gasteiger partial charge in [0.25, 0.3) is 0 Å². The van der Waals surface area contributed by atoms with E-state index < -0.39 is 23.6 Å². The number of hydrogen-bond donors (Lipinski definition) is 1. The number of aromatic nitrogens is 2. The first-order valence-corrected chi connectivity index (χ1v) is 6.29. The van der Waals surface area contributed by atoms with E-state index in [1.54, 1.807) is 6.92 Å². The van der Waals surface area contributed by atoms with Crippen molar-refractivity contribution in [2.45, 2.75) is 19.1 Å². The summed E-state index contributed by atoms with van der Waals surface area (Å²) in [4.78, 5) is 7.64. The van der Waals surface area contributed by atoms with E-state index in [0.717, 1.165) is 6.07 Å². The molecule has 7 heteroatoms. The standard InChI is InChI=1S/C14H13F4N3/c1-2-21-13(9-6-19-8-20-7-9)10-4-3-5-11(12(10)15)14(16,17)18/h3-8,13,21H,2H2,1H3. The van der Waals surface area contributed by atoms with Crippen LogP contribution in [0.25, 0.3) is 0 Å². The summed E-state index contributed by atoms with van der Waals surface area (Å²) >= 11 is 0. The summed E-state index contributed by atoms with van der Waals surface area (Å²) in [6.45, 7) is 2.23. The Labute approximate surface area is 119 Å². The van der Waals surface area contributed by atoms with E-state index in [1.165, 1.54) is 30.9 Å². The highest BCUT2D eigenvalue weighted by Gasteiger charge is 2.35. The molecular formula is C14H13F4N3. The smallest absolute Gasteiger partial charge is 0.306 e. The van der Waals surface area contributed by atoms with Crippen LogP contribution in [-0.2, 0) is 6.18 Å². The molecule has 0 radical (unpaired) electrons. The van der Waals surface area contributed by atoms with Crippen LogP contribution in [0.2, 0.25) is 0 Å². The van der Waals surface area contributed by atoms with Crippen molar-refractivity contribution >= 4 is 0 Å². The lowest BCUT2D eigenvalue weighted by Crippen LogP contribution is -2.24. The molecule has 0 saturated heterocycles. The van der Waals surface area contributed by atoms with Crippen LogP contribution in [0.5, 0.6) is 0 Å². The van der Waals surface area contributed by atoms with Gasteiger partial charge in [0.05, 0.1) is 11.6 Å². The number of alkyl halides is 3. The first kappa shape index (κ1) is 15.4. The zero-order valence-corrected chi connectivity index (χ0v) is 11.2. The maximum atomic E-state index is 14.2. The fraction of sp³-hybridized carbons (Fsp3) is 0.286. The predicted octanol–water partition coefficient (Wildman–Crippen LogP) is 3.33. The van der Waals surface area contributed by atoms with Crippen LogP contribution in [0.3, 0.4) is 0 Å². The van der Waals surface area contributed by atoms with Crippen molar-refractivity contribution in [3.63, 3.8) is 0 Å². The Morgan fingerprint density at radius 2 is 1.86 bits per heavy atom. The van der Waals surface area contributed by atoms with Gasteiger partial charge in [0.2, 0.25) is 0 Å². The van der Waals surface area contributed by atoms with Gasteiger partial charge in [0, 0.05) is 23.5 Å². The van der Waals surface area contributed by atoms with Gasteiger partial charge in [-0.25, -0.2) is 14.4 Å². The lowest BCUT2D eigenvalue weighted by Gasteiger charge is -2.20. The average molecular weight is 299 g/mol. The summed E-state index contributed by atoms with van der Waals surface area (Å²) in [6, 6.07) is 2.50. The maximum absolute atomic E-state index is 14.2. The second kappa shape index (κ2) is 6.17. The Kier molecular flexibility index (Phi) is 4.52. The molecule has 2 aromatic rings. The summed E-state index contributed by atoms with van der Waals surface area (Å²) < 4.78 is 52.6. The minimum Gasteiger partial charge on any atom is -0.306 e. The zero-order valence-electron chi connectivity index (χ0n) is 11.2. The van der Waals surface area contributed by atoms with E-state index in [9.17, 15) is 17.6 Å². The van der Waals surface area contributed by atoms with E-state index >= 15 is 0 Å². The normalized spacial score (nSPS) is 13.2. The molecule has 1 heterocycles. The first-order chi connectivity index (χ1) is 9.95. The third kappa shape index (κ3) is 3.36. The van der Waals surface area contributed by atoms with E-state index in [2.05, 4.69) is 15.3 Å². The Hall–Kier alpha value is -2.02. The highest BCUT2D eigenvalue weighted by atomic mass is 19.4. The van der Waals surface area contributed by atoms with Crippen LogP contribution >= 0.6 is 0 Å². The minimum atomic E-state index is -4.73. The fourth-order valence-corrected chi connectivity index (χ4v) is 2.06. The summed E-state index contributed by atoms with van der Waals surface area (Å²) in [5.41, 5.74) is -0.862. The molecule has 0 aliphatic heterocycles. The second-order valence-corrected chi connectivity index (χ2v) is 4.37. The molecule has 1 atom stereocenters. The van der Waals surface area contributed by atoms with Crippen molar-refractivity contribution < 1.29 is 17.6 Å². The number of nitrogens with one attached hydrogen (secondary N) is 1. The molecule has 0 aliphatic carbocycles. The number of nitrogens with zero attached hydrogens (tertiary/aromatic N) is 2. The topological polar surface area (TPSA) is 37.8 Å². The molecule has 112 valence electrons. The molecule has 0 spiro atoms. The number of hydrogen-bond acceptors (Lipinski definition) is 3. The highest BCUT2D eigenvalue weighted by molar-refractivity contribution is 5.35. The van der Waals surface area contributed by atoms with Crippen molar-refractivity contribution in [3.05, 3.63) is 59.4 Å². The van der Waals surface area contributed by atoms with Crippen molar-refractivity contribution in [2.75, 3.05) is 6.54 Å². The summed E-state index contributed by atoms with van der Waals surface area (Å²) in [6.07, 6.45) is -0.543. The van der Waals surface area contributed by atoms with Crippen molar-refractivity contribution in [3.8, 4) is 0 Å². The largest absolute Gasteiger partial charge is 0.419 e. The summed E-state index contributed by atoms with van der Waals surface area (Å²) in [7, 11) is 0. The molecule has 1 aromatic heterocycles. The second-order valence-electron chi connectivity index (χ2n) is 4.37. The molecule has 3 nitrogen and oxygen atoms in total. The molecule has 21 heavy (non-hydrogen) atoms. The molecule has 1 aromatic carbocycles. The van der Waals surface area contributed by atoms with Crippen molar-refractivity contribution in [2.24, 2.45) is 0 Å². The molecule has 0 amide bonds. The monoisotopic (exact) mass is 299 g/mol. The van der Waals surface area contributed by atoms with Crippen LogP contribution < -0.4 is 5.32 Å². The number of rotatable bonds is 4. The first-order valence-electron chi connectivity index (χ1n) is 6.29. The lowest BCUT2D eigenvalue weighted by molar-refractivity contribution is -0.140. The lowest BCUT2D eigenvalue weighted by atomic mass is 9.98. The Balaban J connectivity index is 2.52. The Bertz CT molecular complexity index is 599. The van der Waals surface area contributed by atoms with E-state index in [-0.39, 0.29) is 5.56 Å². The zero-order chi connectivity index (χ0) is 15.5. The van der Waals surface area contributed by atoms with Gasteiger partial charge in [-0.15, -0.1) is 0 Å². The predicted molar refractivity (Wildman–Crippen MR) is 69.0 cm³/mol. The van der Waals surface area contributed by atoms with Crippen LogP contribution in [-0.4, -0.2) is 16.5 Å². The Morgan fingerprint density at radius 1 is 1.19 bits per heavy atom. The van der Waals surface area contributed by atoms with Gasteiger partial charge in [0.1, 0.15) is 12.1 Å². The molecule has 0 aliphatic rings. The molecular weight excluding hydrogens is 286 g/mol. The third-order valence-corrected chi connectivity index (χ3v) is 2.97. The van der Waals surface area contributed by atoms with E-state index in [1.807, 2.05) is 0 Å². The fourth-order valence-electron chi connectivity index (χ4n) is 2.06. The molecule has 2 rings (SSSR count). The van der Waals surface area contributed by atoms with Gasteiger partial charge in [-0.2, -0.15) is 13.2 Å². The van der Waals surface area contributed by atoms with Crippen LogP contribution in [0.15, 0.2) is 36.9 Å². The third-order valence-electron chi connectivity index (χ3n) is 2.97. The van der Waals surface area contributed by atoms with Gasteiger partial charge in [-0.05, 0) is 12.6 Å². The quantitative estimate of drug-likeness (QED) is 0.880. The average Bonchev–Trinajstić information content (AvgIpc) is 2.45. The number of benzene rings is 1. The van der Waals surface area contributed by atoms with Gasteiger partial charge < -0.3 is 5.32 Å². The summed E-state index contributed by atoms with van der Waals surface area (Å²) in [5.74, 6) is -1.28. The van der Waals surface area contributed by atoms with Crippen LogP contribution in [0.4, 0.5) is 17.6 Å². The van der Waals surface area contributed by atoms with E-state index in [0.29, 0.717) is 12.1 Å². The molecule has 1 N–H and O–H groups in total. The molecule has 0 fully saturated rings. The van der Waals surface area contributed by atoms with E-state index in [4.69, 9.17) is 0 Å². The van der Waals surface area contributed by atoms with Gasteiger partial charge in [-0.3, -0.25) is 0 Å². The number of halogens is 4. The molecule has 0 bridgehead atoms. The maximum Gasteiger partial charge on any atom is 0.419 e. The van der Waals surface area contributed by atoms with Gasteiger partial charge in [0.15, 0.2) is 0 Å². The SMILES string of the molecule is CCNC(c1cncnc1)c1cccc(C(F)(F)F)c1F. The van der Waals surface area contributed by atoms with Crippen LogP contribution in [0, 0.1) is 5.82 Å². The van der Waals surface area contributed by atoms with Crippen molar-refractivity contribution in [1.29, 1.82) is 0 Å². The van der Waals surface area contributed by atoms with Gasteiger partial charge >= 0.3 is 6.18 Å². The van der Waals surface area contributed by atoms with Gasteiger partial charge in [-0.1, -0.05) is 19.1 Å². The highest BCUT2D eigenvalue weighted by Crippen LogP contribution is 2.35.